The van der Waals surface area contributed by atoms with Gasteiger partial charge in [-0.1, -0.05) is 0 Å². The molecule has 1 heterocycles. The number of benzene rings is 1. The van der Waals surface area contributed by atoms with Crippen molar-refractivity contribution < 1.29 is 4.74 Å². The van der Waals surface area contributed by atoms with E-state index in [9.17, 15) is 0 Å². The molecule has 0 radical (unpaired) electrons. The van der Waals surface area contributed by atoms with E-state index in [2.05, 4.69) is 4.98 Å². The van der Waals surface area contributed by atoms with Crippen LogP contribution < -0.4 is 4.74 Å². The maximum absolute atomic E-state index is 8.82. The summed E-state index contributed by atoms with van der Waals surface area (Å²) in [7, 11) is 0. The second-order valence-corrected chi connectivity index (χ2v) is 3.26. The summed E-state index contributed by atoms with van der Waals surface area (Å²) in [6.07, 6.45) is 3.20. The van der Waals surface area contributed by atoms with Gasteiger partial charge in [0.25, 0.3) is 0 Å². The lowest BCUT2D eigenvalue weighted by Gasteiger charge is -2.05. The summed E-state index contributed by atoms with van der Waals surface area (Å²) in [6, 6.07) is 12.1. The lowest BCUT2D eigenvalue weighted by Crippen LogP contribution is -1.87. The van der Waals surface area contributed by atoms with Crippen LogP contribution in [-0.4, -0.2) is 4.98 Å². The Hall–Kier alpha value is -2.85. The van der Waals surface area contributed by atoms with E-state index >= 15 is 0 Å². The van der Waals surface area contributed by atoms with Crippen LogP contribution in [0.25, 0.3) is 0 Å². The number of nitriles is 2. The fraction of sp³-hybridized carbons (Fsp3) is 0. The van der Waals surface area contributed by atoms with Crippen molar-refractivity contribution in [3.05, 3.63) is 53.9 Å². The van der Waals surface area contributed by atoms with E-state index in [4.69, 9.17) is 15.3 Å². The van der Waals surface area contributed by atoms with Gasteiger partial charge in [0.15, 0.2) is 0 Å². The fourth-order valence-corrected chi connectivity index (χ4v) is 1.33. The van der Waals surface area contributed by atoms with Crippen LogP contribution in [0.2, 0.25) is 0 Å². The predicted molar refractivity (Wildman–Crippen MR) is 60.2 cm³/mol. The number of hydrogen-bond acceptors (Lipinski definition) is 4. The SMILES string of the molecule is N#Cc1cc(C#N)cc(Oc2cccnc2)c1. The van der Waals surface area contributed by atoms with Crippen molar-refractivity contribution in [1.82, 2.24) is 4.98 Å². The smallest absolute Gasteiger partial charge is 0.145 e. The van der Waals surface area contributed by atoms with Crippen LogP contribution in [0.15, 0.2) is 42.7 Å². The summed E-state index contributed by atoms with van der Waals surface area (Å²) in [5.41, 5.74) is 0.783. The second kappa shape index (κ2) is 4.78. The number of hydrogen-bond donors (Lipinski definition) is 0. The molecule has 0 aliphatic carbocycles. The van der Waals surface area contributed by atoms with Crippen molar-refractivity contribution >= 4 is 0 Å². The van der Waals surface area contributed by atoms with Gasteiger partial charge < -0.3 is 4.74 Å². The Bertz CT molecular complexity index is 577. The van der Waals surface area contributed by atoms with Crippen LogP contribution in [0.3, 0.4) is 0 Å². The van der Waals surface area contributed by atoms with E-state index in [-0.39, 0.29) is 0 Å². The van der Waals surface area contributed by atoms with E-state index < -0.39 is 0 Å². The Morgan fingerprint density at radius 2 is 1.71 bits per heavy atom. The van der Waals surface area contributed by atoms with Gasteiger partial charge in [-0.05, 0) is 30.3 Å². The standard InChI is InChI=1S/C13H7N3O/c14-7-10-4-11(8-15)6-13(5-10)17-12-2-1-3-16-9-12/h1-6,9H. The van der Waals surface area contributed by atoms with E-state index in [1.54, 1.807) is 36.7 Å². The monoisotopic (exact) mass is 221 g/mol. The zero-order chi connectivity index (χ0) is 12.1. The third kappa shape index (κ3) is 2.58. The molecule has 0 atom stereocenters. The zero-order valence-corrected chi connectivity index (χ0v) is 8.79. The van der Waals surface area contributed by atoms with Crippen LogP contribution in [0.5, 0.6) is 11.5 Å². The van der Waals surface area contributed by atoms with E-state index in [0.717, 1.165) is 0 Å². The van der Waals surface area contributed by atoms with Gasteiger partial charge in [-0.15, -0.1) is 0 Å². The molecule has 0 aliphatic rings. The number of pyridine rings is 1. The van der Waals surface area contributed by atoms with Crippen LogP contribution in [0, 0.1) is 22.7 Å². The normalized spacial score (nSPS) is 9.06. The molecule has 1 aromatic carbocycles. The predicted octanol–water partition coefficient (Wildman–Crippen LogP) is 2.62. The molecule has 0 N–H and O–H groups in total. The minimum absolute atomic E-state index is 0.392. The first-order valence-corrected chi connectivity index (χ1v) is 4.85. The second-order valence-electron chi connectivity index (χ2n) is 3.26. The molecule has 17 heavy (non-hydrogen) atoms. The Morgan fingerprint density at radius 1 is 1.00 bits per heavy atom. The lowest BCUT2D eigenvalue weighted by atomic mass is 10.1. The molecular weight excluding hydrogens is 214 g/mol. The van der Waals surface area contributed by atoms with E-state index in [0.29, 0.717) is 22.6 Å². The zero-order valence-electron chi connectivity index (χ0n) is 8.79. The van der Waals surface area contributed by atoms with Crippen LogP contribution in [-0.2, 0) is 0 Å². The number of ether oxygens (including phenoxy) is 1. The summed E-state index contributed by atoms with van der Waals surface area (Å²) in [5, 5.41) is 17.6. The molecule has 80 valence electrons. The van der Waals surface area contributed by atoms with Gasteiger partial charge in [-0.3, -0.25) is 4.98 Å². The molecular formula is C13H7N3O. The molecule has 0 fully saturated rings. The molecule has 4 nitrogen and oxygen atoms in total. The van der Waals surface area contributed by atoms with Crippen LogP contribution >= 0.6 is 0 Å². The Kier molecular flexibility index (Phi) is 3.00. The highest BCUT2D eigenvalue weighted by Gasteiger charge is 2.02. The average Bonchev–Trinajstić information content (AvgIpc) is 2.39. The van der Waals surface area contributed by atoms with Crippen molar-refractivity contribution in [1.29, 1.82) is 10.5 Å². The highest BCUT2D eigenvalue weighted by molar-refractivity contribution is 5.46. The Labute approximate surface area is 98.3 Å². The minimum Gasteiger partial charge on any atom is -0.456 e. The quantitative estimate of drug-likeness (QED) is 0.781. The summed E-state index contributed by atoms with van der Waals surface area (Å²) < 4.78 is 5.50. The maximum Gasteiger partial charge on any atom is 0.145 e. The van der Waals surface area contributed by atoms with Crippen molar-refractivity contribution in [2.45, 2.75) is 0 Å². The van der Waals surface area contributed by atoms with Crippen molar-refractivity contribution in [2.75, 3.05) is 0 Å². The number of rotatable bonds is 2. The summed E-state index contributed by atoms with van der Waals surface area (Å²) >= 11 is 0. The van der Waals surface area contributed by atoms with Crippen LogP contribution in [0.4, 0.5) is 0 Å². The van der Waals surface area contributed by atoms with Gasteiger partial charge in [-0.2, -0.15) is 10.5 Å². The molecule has 1 aromatic heterocycles. The maximum atomic E-state index is 8.82. The largest absolute Gasteiger partial charge is 0.456 e. The molecule has 0 saturated heterocycles. The molecule has 0 unspecified atom stereocenters. The molecule has 2 aromatic rings. The summed E-state index contributed by atoms with van der Waals surface area (Å²) in [4.78, 5) is 3.91. The summed E-state index contributed by atoms with van der Waals surface area (Å²) in [5.74, 6) is 1.01. The molecule has 4 heteroatoms. The van der Waals surface area contributed by atoms with Crippen molar-refractivity contribution in [2.24, 2.45) is 0 Å². The first-order valence-electron chi connectivity index (χ1n) is 4.85. The van der Waals surface area contributed by atoms with Gasteiger partial charge in [0.05, 0.1) is 29.5 Å². The number of aromatic nitrogens is 1. The molecule has 0 aliphatic heterocycles. The average molecular weight is 221 g/mol. The van der Waals surface area contributed by atoms with E-state index in [1.165, 1.54) is 6.07 Å². The van der Waals surface area contributed by atoms with Gasteiger partial charge >= 0.3 is 0 Å². The van der Waals surface area contributed by atoms with Gasteiger partial charge in [0.1, 0.15) is 11.5 Å². The molecule has 0 bridgehead atoms. The first-order chi connectivity index (χ1) is 8.31. The first kappa shape index (κ1) is 10.7. The Balaban J connectivity index is 2.34. The molecule has 0 saturated carbocycles. The topological polar surface area (TPSA) is 69.7 Å². The minimum atomic E-state index is 0.392. The van der Waals surface area contributed by atoms with E-state index in [1.807, 2.05) is 12.1 Å². The molecule has 0 amide bonds. The highest BCUT2D eigenvalue weighted by atomic mass is 16.5. The Morgan fingerprint density at radius 3 is 2.24 bits per heavy atom. The van der Waals surface area contributed by atoms with Gasteiger partial charge in [0, 0.05) is 6.20 Å². The lowest BCUT2D eigenvalue weighted by molar-refractivity contribution is 0.480. The third-order valence-electron chi connectivity index (χ3n) is 2.03. The summed E-state index contributed by atoms with van der Waals surface area (Å²) in [6.45, 7) is 0. The highest BCUT2D eigenvalue weighted by Crippen LogP contribution is 2.22. The van der Waals surface area contributed by atoms with Crippen molar-refractivity contribution in [3.8, 4) is 23.6 Å². The third-order valence-corrected chi connectivity index (χ3v) is 2.03. The number of nitrogens with zero attached hydrogens (tertiary/aromatic N) is 3. The van der Waals surface area contributed by atoms with Crippen LogP contribution in [0.1, 0.15) is 11.1 Å². The fourth-order valence-electron chi connectivity index (χ4n) is 1.33. The molecule has 2 rings (SSSR count). The van der Waals surface area contributed by atoms with Crippen molar-refractivity contribution in [3.63, 3.8) is 0 Å². The molecule has 0 spiro atoms. The van der Waals surface area contributed by atoms with Gasteiger partial charge in [0.2, 0.25) is 0 Å². The van der Waals surface area contributed by atoms with Gasteiger partial charge in [-0.25, -0.2) is 0 Å².